The van der Waals surface area contributed by atoms with Gasteiger partial charge in [-0.15, -0.1) is 0 Å². The maximum absolute atomic E-state index is 8.88. The fourth-order valence-corrected chi connectivity index (χ4v) is 2.08. The molecule has 1 N–H and O–H groups in total. The number of nitrogens with one attached hydrogen (secondary N) is 1. The monoisotopic (exact) mass is 268 g/mol. The molecule has 2 aromatic heterocycles. The van der Waals surface area contributed by atoms with Crippen LogP contribution in [-0.2, 0) is 13.1 Å². The van der Waals surface area contributed by atoms with E-state index in [9.17, 15) is 0 Å². The molecule has 0 bridgehead atoms. The van der Waals surface area contributed by atoms with Gasteiger partial charge in [0.15, 0.2) is 0 Å². The Labute approximate surface area is 120 Å². The lowest BCUT2D eigenvalue weighted by atomic mass is 10.2. The summed E-state index contributed by atoms with van der Waals surface area (Å²) in [6, 6.07) is 10.0. The zero-order valence-electron chi connectivity index (χ0n) is 12.0. The van der Waals surface area contributed by atoms with Crippen LogP contribution in [0.5, 0.6) is 0 Å². The van der Waals surface area contributed by atoms with Crippen molar-refractivity contribution < 1.29 is 0 Å². The third-order valence-electron chi connectivity index (χ3n) is 3.07. The quantitative estimate of drug-likeness (QED) is 0.876. The third kappa shape index (κ3) is 3.94. The molecule has 0 aliphatic carbocycles. The van der Waals surface area contributed by atoms with Gasteiger partial charge in [-0.05, 0) is 42.3 Å². The van der Waals surface area contributed by atoms with E-state index in [-0.39, 0.29) is 0 Å². The summed E-state index contributed by atoms with van der Waals surface area (Å²) in [6.07, 6.45) is 3.76. The lowest BCUT2D eigenvalue weighted by Crippen LogP contribution is -2.20. The first-order valence-electron chi connectivity index (χ1n) is 6.89. The van der Waals surface area contributed by atoms with Crippen LogP contribution in [0.4, 0.5) is 0 Å². The molecule has 0 aliphatic heterocycles. The van der Waals surface area contributed by atoms with Gasteiger partial charge in [0.1, 0.15) is 11.8 Å². The van der Waals surface area contributed by atoms with Crippen LogP contribution in [0.15, 0.2) is 36.7 Å². The van der Waals surface area contributed by atoms with E-state index in [1.165, 1.54) is 5.69 Å². The summed E-state index contributed by atoms with van der Waals surface area (Å²) in [5.74, 6) is 0.650. The van der Waals surface area contributed by atoms with Crippen molar-refractivity contribution in [1.29, 1.82) is 5.26 Å². The van der Waals surface area contributed by atoms with Crippen molar-refractivity contribution in [3.8, 4) is 6.07 Å². The zero-order chi connectivity index (χ0) is 14.4. The second-order valence-electron chi connectivity index (χ2n) is 5.31. The van der Waals surface area contributed by atoms with Crippen molar-refractivity contribution in [2.45, 2.75) is 26.9 Å². The summed E-state index contributed by atoms with van der Waals surface area (Å²) >= 11 is 0. The normalized spacial score (nSPS) is 10.7. The highest BCUT2D eigenvalue weighted by Crippen LogP contribution is 2.08. The largest absolute Gasteiger partial charge is 0.346 e. The second kappa shape index (κ2) is 6.88. The van der Waals surface area contributed by atoms with Gasteiger partial charge in [0, 0.05) is 31.2 Å². The minimum absolute atomic E-state index is 0.467. The minimum Gasteiger partial charge on any atom is -0.346 e. The molecule has 0 fully saturated rings. The standard InChI is InChI=1S/C16H20N4/c1-13(2)10-18-11-16-4-3-7-20(16)12-14-5-6-19-15(8-14)9-17/h3-8,13,18H,10-12H2,1-2H3. The van der Waals surface area contributed by atoms with Crippen molar-refractivity contribution in [1.82, 2.24) is 14.9 Å². The highest BCUT2D eigenvalue weighted by Gasteiger charge is 2.03. The molecule has 0 amide bonds. The van der Waals surface area contributed by atoms with E-state index < -0.39 is 0 Å². The van der Waals surface area contributed by atoms with Crippen LogP contribution >= 0.6 is 0 Å². The first kappa shape index (κ1) is 14.3. The Balaban J connectivity index is 2.02. The number of nitrogens with zero attached hydrogens (tertiary/aromatic N) is 3. The number of nitriles is 1. The zero-order valence-corrected chi connectivity index (χ0v) is 12.0. The van der Waals surface area contributed by atoms with Crippen molar-refractivity contribution in [3.05, 3.63) is 53.6 Å². The van der Waals surface area contributed by atoms with Gasteiger partial charge in [0.05, 0.1) is 0 Å². The van der Waals surface area contributed by atoms with Gasteiger partial charge in [-0.1, -0.05) is 13.8 Å². The van der Waals surface area contributed by atoms with Gasteiger partial charge in [-0.25, -0.2) is 4.98 Å². The van der Waals surface area contributed by atoms with Gasteiger partial charge >= 0.3 is 0 Å². The summed E-state index contributed by atoms with van der Waals surface area (Å²) in [7, 11) is 0. The van der Waals surface area contributed by atoms with Crippen LogP contribution in [-0.4, -0.2) is 16.1 Å². The average molecular weight is 268 g/mol. The van der Waals surface area contributed by atoms with Gasteiger partial charge in [-0.3, -0.25) is 0 Å². The minimum atomic E-state index is 0.467. The Kier molecular flexibility index (Phi) is 4.91. The highest BCUT2D eigenvalue weighted by molar-refractivity contribution is 5.26. The van der Waals surface area contributed by atoms with Crippen molar-refractivity contribution in [2.24, 2.45) is 5.92 Å². The summed E-state index contributed by atoms with van der Waals surface area (Å²) in [5.41, 5.74) is 2.81. The lowest BCUT2D eigenvalue weighted by Gasteiger charge is -2.11. The van der Waals surface area contributed by atoms with Gasteiger partial charge < -0.3 is 9.88 Å². The maximum atomic E-state index is 8.88. The predicted molar refractivity (Wildman–Crippen MR) is 79.0 cm³/mol. The van der Waals surface area contributed by atoms with E-state index >= 15 is 0 Å². The fourth-order valence-electron chi connectivity index (χ4n) is 2.08. The molecular formula is C16H20N4. The molecule has 0 saturated heterocycles. The lowest BCUT2D eigenvalue weighted by molar-refractivity contribution is 0.539. The van der Waals surface area contributed by atoms with Crippen LogP contribution < -0.4 is 5.32 Å². The van der Waals surface area contributed by atoms with E-state index in [1.54, 1.807) is 6.20 Å². The third-order valence-corrected chi connectivity index (χ3v) is 3.07. The topological polar surface area (TPSA) is 53.6 Å². The Morgan fingerprint density at radius 1 is 1.40 bits per heavy atom. The first-order chi connectivity index (χ1) is 9.69. The highest BCUT2D eigenvalue weighted by atomic mass is 15.0. The molecule has 0 spiro atoms. The molecule has 0 aliphatic rings. The molecule has 4 heteroatoms. The van der Waals surface area contributed by atoms with Gasteiger partial charge in [0.25, 0.3) is 0 Å². The molecule has 0 radical (unpaired) electrons. The van der Waals surface area contributed by atoms with Crippen molar-refractivity contribution in [2.75, 3.05) is 6.54 Å². The smallest absolute Gasteiger partial charge is 0.140 e. The van der Waals surface area contributed by atoms with E-state index in [0.717, 1.165) is 25.2 Å². The molecule has 4 nitrogen and oxygen atoms in total. The van der Waals surface area contributed by atoms with Crippen molar-refractivity contribution in [3.63, 3.8) is 0 Å². The van der Waals surface area contributed by atoms with Crippen LogP contribution in [0.2, 0.25) is 0 Å². The molecule has 2 heterocycles. The predicted octanol–water partition coefficient (Wildman–Crippen LogP) is 2.55. The molecule has 2 rings (SSSR count). The fraction of sp³-hybridized carbons (Fsp3) is 0.375. The van der Waals surface area contributed by atoms with Crippen molar-refractivity contribution >= 4 is 0 Å². The Hall–Kier alpha value is -2.12. The Morgan fingerprint density at radius 3 is 3.00 bits per heavy atom. The Morgan fingerprint density at radius 2 is 2.25 bits per heavy atom. The Bertz CT molecular complexity index is 593. The SMILES string of the molecule is CC(C)CNCc1cccn1Cc1ccnc(C#N)c1. The van der Waals surface area contributed by atoms with Crippen LogP contribution in [0.25, 0.3) is 0 Å². The molecule has 104 valence electrons. The number of hydrogen-bond donors (Lipinski definition) is 1. The second-order valence-corrected chi connectivity index (χ2v) is 5.31. The number of rotatable bonds is 6. The summed E-state index contributed by atoms with van der Waals surface area (Å²) in [4.78, 5) is 4.00. The summed E-state index contributed by atoms with van der Waals surface area (Å²) in [6.45, 7) is 7.04. The molecular weight excluding hydrogens is 248 g/mol. The molecule has 0 aromatic carbocycles. The maximum Gasteiger partial charge on any atom is 0.140 e. The van der Waals surface area contributed by atoms with E-state index in [2.05, 4.69) is 53.1 Å². The van der Waals surface area contributed by atoms with Crippen LogP contribution in [0.1, 0.15) is 30.8 Å². The summed E-state index contributed by atoms with van der Waals surface area (Å²) in [5, 5.41) is 12.3. The van der Waals surface area contributed by atoms with E-state index in [4.69, 9.17) is 5.26 Å². The summed E-state index contributed by atoms with van der Waals surface area (Å²) < 4.78 is 2.20. The van der Waals surface area contributed by atoms with Crippen LogP contribution in [0, 0.1) is 17.2 Å². The van der Waals surface area contributed by atoms with Crippen LogP contribution in [0.3, 0.4) is 0 Å². The first-order valence-corrected chi connectivity index (χ1v) is 6.89. The van der Waals surface area contributed by atoms with E-state index in [1.807, 2.05) is 12.1 Å². The van der Waals surface area contributed by atoms with Gasteiger partial charge in [0.2, 0.25) is 0 Å². The number of pyridine rings is 1. The number of hydrogen-bond acceptors (Lipinski definition) is 3. The molecule has 2 aromatic rings. The molecule has 0 unspecified atom stereocenters. The molecule has 0 atom stereocenters. The average Bonchev–Trinajstić information content (AvgIpc) is 2.86. The van der Waals surface area contributed by atoms with Gasteiger partial charge in [-0.2, -0.15) is 5.26 Å². The van der Waals surface area contributed by atoms with E-state index in [0.29, 0.717) is 11.6 Å². The molecule has 20 heavy (non-hydrogen) atoms. The molecule has 0 saturated carbocycles. The number of aromatic nitrogens is 2.